The lowest BCUT2D eigenvalue weighted by Gasteiger charge is -2.59. The molecule has 7 heteroatoms. The molecule has 0 bridgehead atoms. The van der Waals surface area contributed by atoms with Crippen molar-refractivity contribution in [3.05, 3.63) is 53.4 Å². The second-order valence-corrected chi connectivity index (χ2v) is 11.7. The summed E-state index contributed by atoms with van der Waals surface area (Å²) in [5.41, 5.74) is -1.52. The van der Waals surface area contributed by atoms with Gasteiger partial charge in [-0.3, -0.25) is 9.59 Å². The Bertz CT molecular complexity index is 1070. The van der Waals surface area contributed by atoms with Crippen molar-refractivity contribution < 1.29 is 24.5 Å². The number of aliphatic hydroxyl groups is 2. The topological polar surface area (TPSA) is 102 Å². The normalized spacial score (nSPS) is 41.7. The zero-order valence-electron chi connectivity index (χ0n) is 19.1. The Hall–Kier alpha value is -1.96. The minimum absolute atomic E-state index is 0.00668. The van der Waals surface area contributed by atoms with Gasteiger partial charge < -0.3 is 15.4 Å². The van der Waals surface area contributed by atoms with Crippen molar-refractivity contribution in [2.45, 2.75) is 62.7 Å². The van der Waals surface area contributed by atoms with Gasteiger partial charge in [0.05, 0.1) is 11.9 Å². The molecule has 3 fully saturated rings. The second-order valence-electron chi connectivity index (χ2n) is 10.7. The van der Waals surface area contributed by atoms with Gasteiger partial charge in [0, 0.05) is 28.9 Å². The maximum Gasteiger partial charge on any atom is 0.251 e. The van der Waals surface area contributed by atoms with Crippen LogP contribution in [0.3, 0.4) is 0 Å². The predicted molar refractivity (Wildman–Crippen MR) is 124 cm³/mol. The quantitative estimate of drug-likeness (QED) is 0.399. The molecule has 33 heavy (non-hydrogen) atoms. The maximum absolute atomic E-state index is 13.4. The number of Topliss-reactive ketones (excluding diaryl/α,β-unsaturated/α-hetero) is 1. The number of thioether (sulfide) groups is 1. The Morgan fingerprint density at radius 1 is 1.30 bits per heavy atom. The van der Waals surface area contributed by atoms with Crippen LogP contribution in [0.25, 0.3) is 0 Å². The van der Waals surface area contributed by atoms with Gasteiger partial charge in [-0.25, -0.2) is 0 Å². The van der Waals surface area contributed by atoms with E-state index in [-0.39, 0.29) is 40.5 Å². The van der Waals surface area contributed by atoms with Gasteiger partial charge in [-0.1, -0.05) is 25.5 Å². The number of carbonyl (C=O) groups is 2. The summed E-state index contributed by atoms with van der Waals surface area (Å²) in [5, 5.41) is 35.6. The number of hydrogen-bond donors (Lipinski definition) is 2. The average molecular weight is 470 g/mol. The summed E-state index contributed by atoms with van der Waals surface area (Å²) in [5.74, 6) is 0.0205. The number of ketones is 2. The number of allylic oxidation sites excluding steroid dienone is 4. The first kappa shape index (κ1) is 22.8. The summed E-state index contributed by atoms with van der Waals surface area (Å²) in [6, 6.07) is 5.05. The first-order valence-electron chi connectivity index (χ1n) is 11.8. The summed E-state index contributed by atoms with van der Waals surface area (Å²) >= 11 is 1.15. The summed E-state index contributed by atoms with van der Waals surface area (Å²) in [7, 11) is 0. The maximum atomic E-state index is 13.4. The molecule has 4 aliphatic carbocycles. The van der Waals surface area contributed by atoms with E-state index in [4.69, 9.17) is 0 Å². The van der Waals surface area contributed by atoms with Crippen LogP contribution in [0.2, 0.25) is 0 Å². The number of aliphatic hydroxyl groups excluding tert-OH is 1. The fourth-order valence-electron chi connectivity index (χ4n) is 7.57. The van der Waals surface area contributed by atoms with Crippen LogP contribution in [-0.2, 0) is 9.59 Å². The van der Waals surface area contributed by atoms with Gasteiger partial charge in [-0.05, 0) is 73.9 Å². The lowest BCUT2D eigenvalue weighted by Crippen LogP contribution is -2.61. The third-order valence-corrected chi connectivity index (χ3v) is 10.3. The van der Waals surface area contributed by atoms with Gasteiger partial charge in [0.1, 0.15) is 5.60 Å². The van der Waals surface area contributed by atoms with Gasteiger partial charge >= 0.3 is 0 Å². The van der Waals surface area contributed by atoms with E-state index >= 15 is 0 Å². The van der Waals surface area contributed by atoms with Crippen LogP contribution in [0.4, 0.5) is 0 Å². The van der Waals surface area contributed by atoms with Crippen molar-refractivity contribution in [3.8, 4) is 0 Å². The molecule has 176 valence electrons. The van der Waals surface area contributed by atoms with Crippen LogP contribution in [0.5, 0.6) is 0 Å². The van der Waals surface area contributed by atoms with Crippen molar-refractivity contribution in [2.24, 2.45) is 28.6 Å². The number of nitrogens with zero attached hydrogens (tertiary/aromatic N) is 1. The summed E-state index contributed by atoms with van der Waals surface area (Å²) in [6.45, 7) is 4.09. The van der Waals surface area contributed by atoms with E-state index in [1.54, 1.807) is 30.4 Å². The van der Waals surface area contributed by atoms with Crippen molar-refractivity contribution in [1.82, 2.24) is 0 Å². The molecule has 7 atom stereocenters. The summed E-state index contributed by atoms with van der Waals surface area (Å²) < 4.78 is 0.729. The minimum atomic E-state index is -1.52. The van der Waals surface area contributed by atoms with Gasteiger partial charge in [-0.2, -0.15) is 4.73 Å². The SMILES string of the molecule is CC12C=CC(=O)C=C1CCC1C2[C@@H](O)CC2(C)C1CC[C@]2(O)C(=O)CSc1cccc[n+]1[O-]. The molecule has 0 saturated heterocycles. The number of hydrogen-bond acceptors (Lipinski definition) is 6. The molecule has 3 saturated carbocycles. The molecule has 1 aromatic rings. The van der Waals surface area contributed by atoms with E-state index in [1.165, 1.54) is 6.20 Å². The van der Waals surface area contributed by atoms with Gasteiger partial charge in [0.15, 0.2) is 17.8 Å². The highest BCUT2D eigenvalue weighted by Crippen LogP contribution is 2.67. The molecule has 0 radical (unpaired) electrons. The van der Waals surface area contributed by atoms with Crippen LogP contribution in [0.1, 0.15) is 46.0 Å². The molecule has 0 spiro atoms. The largest absolute Gasteiger partial charge is 0.618 e. The number of fused-ring (bicyclic) bond motifs is 5. The molecule has 4 aliphatic rings. The van der Waals surface area contributed by atoms with E-state index in [9.17, 15) is 25.0 Å². The molecule has 2 N–H and O–H groups in total. The molecular formula is C26H31NO5S. The summed E-state index contributed by atoms with van der Waals surface area (Å²) in [4.78, 5) is 25.3. The molecule has 0 aliphatic heterocycles. The Kier molecular flexibility index (Phi) is 5.38. The van der Waals surface area contributed by atoms with Crippen molar-refractivity contribution in [3.63, 3.8) is 0 Å². The summed E-state index contributed by atoms with van der Waals surface area (Å²) in [6.07, 6.45) is 9.15. The van der Waals surface area contributed by atoms with Crippen molar-refractivity contribution >= 4 is 23.3 Å². The highest BCUT2D eigenvalue weighted by atomic mass is 32.2. The Morgan fingerprint density at radius 3 is 2.85 bits per heavy atom. The zero-order valence-corrected chi connectivity index (χ0v) is 19.9. The Balaban J connectivity index is 1.41. The minimum Gasteiger partial charge on any atom is -0.618 e. The fourth-order valence-corrected chi connectivity index (χ4v) is 8.45. The van der Waals surface area contributed by atoms with E-state index in [2.05, 4.69) is 6.92 Å². The third kappa shape index (κ3) is 3.27. The van der Waals surface area contributed by atoms with Gasteiger partial charge in [0.25, 0.3) is 5.03 Å². The number of aromatic nitrogens is 1. The average Bonchev–Trinajstić information content (AvgIpc) is 3.04. The van der Waals surface area contributed by atoms with Gasteiger partial charge in [-0.15, -0.1) is 0 Å². The lowest BCUT2D eigenvalue weighted by molar-refractivity contribution is -0.645. The van der Waals surface area contributed by atoms with Crippen LogP contribution in [0, 0.1) is 33.8 Å². The lowest BCUT2D eigenvalue weighted by atomic mass is 9.46. The van der Waals surface area contributed by atoms with E-state index in [0.29, 0.717) is 17.9 Å². The van der Waals surface area contributed by atoms with Crippen LogP contribution in [0.15, 0.2) is 53.2 Å². The second kappa shape index (κ2) is 7.79. The molecule has 0 aromatic carbocycles. The van der Waals surface area contributed by atoms with Crippen molar-refractivity contribution in [1.29, 1.82) is 0 Å². The number of rotatable bonds is 4. The number of pyridine rings is 1. The molecule has 6 nitrogen and oxygen atoms in total. The highest BCUT2D eigenvalue weighted by Gasteiger charge is 2.68. The Morgan fingerprint density at radius 2 is 2.09 bits per heavy atom. The number of carbonyl (C=O) groups excluding carboxylic acids is 2. The van der Waals surface area contributed by atoms with Crippen LogP contribution < -0.4 is 4.73 Å². The smallest absolute Gasteiger partial charge is 0.251 e. The van der Waals surface area contributed by atoms with E-state index in [1.807, 2.05) is 13.0 Å². The molecule has 5 unspecified atom stereocenters. The molecule has 5 rings (SSSR count). The van der Waals surface area contributed by atoms with Gasteiger partial charge in [0.2, 0.25) is 0 Å². The first-order valence-corrected chi connectivity index (χ1v) is 12.8. The van der Waals surface area contributed by atoms with Crippen LogP contribution >= 0.6 is 11.8 Å². The molecule has 1 heterocycles. The highest BCUT2D eigenvalue weighted by molar-refractivity contribution is 7.99. The van der Waals surface area contributed by atoms with E-state index in [0.717, 1.165) is 41.3 Å². The first-order chi connectivity index (χ1) is 15.6. The van der Waals surface area contributed by atoms with E-state index < -0.39 is 17.1 Å². The third-order valence-electron chi connectivity index (χ3n) is 9.25. The predicted octanol–water partition coefficient (Wildman–Crippen LogP) is 2.99. The fraction of sp³-hybridized carbons (Fsp3) is 0.577. The zero-order chi connectivity index (χ0) is 23.6. The molecular weight excluding hydrogens is 438 g/mol. The molecule has 1 aromatic heterocycles. The molecule has 0 amide bonds. The van der Waals surface area contributed by atoms with Crippen LogP contribution in [-0.4, -0.2) is 39.2 Å². The Labute approximate surface area is 198 Å². The standard InChI is InChI=1S/C26H31NO5S/c1-24-10-8-17(28)13-16(24)6-7-18-19-9-11-26(31,25(19,2)14-20(29)23(18)24)21(30)15-33-22-5-3-4-12-27(22)32/h3-5,8,10,12-13,18-20,23,29,31H,6-7,9,11,14-15H2,1-2H3/t18?,19?,20-,23?,24?,25?,26-/m0/s1. The van der Waals surface area contributed by atoms with Crippen molar-refractivity contribution in [2.75, 3.05) is 5.75 Å². The monoisotopic (exact) mass is 469 g/mol.